The number of nitrogens with one attached hydrogen (secondary N) is 1. The maximum Gasteiger partial charge on any atom is 0.222 e. The third-order valence-electron chi connectivity index (χ3n) is 6.01. The molecular weight excluding hydrogens is 314 g/mol. The van der Waals surface area contributed by atoms with Gasteiger partial charge in [-0.1, -0.05) is 11.6 Å². The average molecular weight is 348 g/mol. The molecule has 5 heteroatoms. The molecule has 3 fully saturated rings. The Morgan fingerprint density at radius 2 is 2.08 bits per heavy atom. The molecule has 0 spiro atoms. The number of rotatable bonds is 7. The fourth-order valence-corrected chi connectivity index (χ4v) is 4.25. The Kier molecular flexibility index (Phi) is 6.15. The lowest BCUT2D eigenvalue weighted by Crippen LogP contribution is -2.43. The summed E-state index contributed by atoms with van der Waals surface area (Å²) in [5.74, 6) is 1.72. The van der Waals surface area contributed by atoms with E-state index in [1.165, 1.54) is 18.4 Å². The molecule has 0 aromatic carbocycles. The normalized spacial score (nSPS) is 28.5. The summed E-state index contributed by atoms with van der Waals surface area (Å²) >= 11 is 0. The molecule has 0 radical (unpaired) electrons. The molecule has 0 bridgehead atoms. The Balaban J connectivity index is 1.47. The molecule has 3 aliphatic rings. The standard InChI is InChI=1S/C20H33N3O2/c1-3-15(2)12-22-13-17(16-7-8-16)18(14-22)21-19(24)9-11-23-10-5-4-6-20(23)25/h3,16-18H,4-14H2,1-2H3,(H,21,24)/t17-,18+/m1/s1. The van der Waals surface area contributed by atoms with Crippen molar-refractivity contribution in [2.75, 3.05) is 32.7 Å². The quantitative estimate of drug-likeness (QED) is 0.718. The first-order chi connectivity index (χ1) is 12.1. The SMILES string of the molecule is CC=C(C)CN1C[C@H](NC(=O)CCN2CCCCC2=O)[C@@H](C2CC2)C1. The Morgan fingerprint density at radius 1 is 1.28 bits per heavy atom. The number of allylic oxidation sites excluding steroid dienone is 1. The zero-order chi connectivity index (χ0) is 17.8. The zero-order valence-corrected chi connectivity index (χ0v) is 15.8. The number of piperidine rings is 1. The third-order valence-corrected chi connectivity index (χ3v) is 6.01. The van der Waals surface area contributed by atoms with Gasteiger partial charge in [0.25, 0.3) is 0 Å². The summed E-state index contributed by atoms with van der Waals surface area (Å²) in [6.45, 7) is 8.72. The van der Waals surface area contributed by atoms with E-state index in [-0.39, 0.29) is 17.9 Å². The van der Waals surface area contributed by atoms with Crippen LogP contribution in [0, 0.1) is 11.8 Å². The van der Waals surface area contributed by atoms with E-state index >= 15 is 0 Å². The van der Waals surface area contributed by atoms with Crippen molar-refractivity contribution in [1.82, 2.24) is 15.1 Å². The van der Waals surface area contributed by atoms with Crippen molar-refractivity contribution in [3.05, 3.63) is 11.6 Å². The number of nitrogens with zero attached hydrogens (tertiary/aromatic N) is 2. The van der Waals surface area contributed by atoms with Crippen LogP contribution in [0.1, 0.15) is 52.4 Å². The second kappa shape index (κ2) is 8.35. The van der Waals surface area contributed by atoms with Gasteiger partial charge in [0.1, 0.15) is 0 Å². The van der Waals surface area contributed by atoms with Crippen LogP contribution < -0.4 is 5.32 Å². The molecule has 2 amide bonds. The summed E-state index contributed by atoms with van der Waals surface area (Å²) in [7, 11) is 0. The maximum atomic E-state index is 12.4. The van der Waals surface area contributed by atoms with Gasteiger partial charge in [-0.2, -0.15) is 0 Å². The highest BCUT2D eigenvalue weighted by Crippen LogP contribution is 2.41. The van der Waals surface area contributed by atoms with E-state index < -0.39 is 0 Å². The van der Waals surface area contributed by atoms with Gasteiger partial charge in [-0.3, -0.25) is 14.5 Å². The first-order valence-electron chi connectivity index (χ1n) is 9.98. The number of carbonyl (C=O) groups is 2. The van der Waals surface area contributed by atoms with E-state index in [2.05, 4.69) is 30.1 Å². The van der Waals surface area contributed by atoms with Gasteiger partial charge in [-0.25, -0.2) is 0 Å². The minimum absolute atomic E-state index is 0.110. The van der Waals surface area contributed by atoms with E-state index in [0.29, 0.717) is 25.3 Å². The predicted molar refractivity (Wildman–Crippen MR) is 99.1 cm³/mol. The lowest BCUT2D eigenvalue weighted by atomic mass is 9.98. The molecule has 0 unspecified atom stereocenters. The lowest BCUT2D eigenvalue weighted by molar-refractivity contribution is -0.133. The van der Waals surface area contributed by atoms with Gasteiger partial charge < -0.3 is 10.2 Å². The maximum absolute atomic E-state index is 12.4. The molecule has 0 aromatic rings. The van der Waals surface area contributed by atoms with Crippen LogP contribution >= 0.6 is 0 Å². The monoisotopic (exact) mass is 347 g/mol. The summed E-state index contributed by atoms with van der Waals surface area (Å²) in [5, 5.41) is 3.29. The lowest BCUT2D eigenvalue weighted by Gasteiger charge is -2.27. The van der Waals surface area contributed by atoms with E-state index in [4.69, 9.17) is 0 Å². The molecule has 1 N–H and O–H groups in total. The number of amides is 2. The summed E-state index contributed by atoms with van der Waals surface area (Å²) in [5.41, 5.74) is 1.39. The molecule has 2 heterocycles. The molecule has 1 saturated carbocycles. The van der Waals surface area contributed by atoms with Crippen LogP contribution in [0.2, 0.25) is 0 Å². The predicted octanol–water partition coefficient (Wildman–Crippen LogP) is 2.18. The fraction of sp³-hybridized carbons (Fsp3) is 0.800. The van der Waals surface area contributed by atoms with Gasteiger partial charge in [0.15, 0.2) is 0 Å². The van der Waals surface area contributed by atoms with Crippen molar-refractivity contribution in [1.29, 1.82) is 0 Å². The van der Waals surface area contributed by atoms with Crippen LogP contribution in [0.4, 0.5) is 0 Å². The number of hydrogen-bond acceptors (Lipinski definition) is 3. The smallest absolute Gasteiger partial charge is 0.222 e. The van der Waals surface area contributed by atoms with Gasteiger partial charge in [0.05, 0.1) is 0 Å². The molecule has 25 heavy (non-hydrogen) atoms. The molecule has 2 saturated heterocycles. The third kappa shape index (κ3) is 5.06. The number of likely N-dealkylation sites (tertiary alicyclic amines) is 2. The molecule has 5 nitrogen and oxygen atoms in total. The minimum Gasteiger partial charge on any atom is -0.352 e. The van der Waals surface area contributed by atoms with Crippen LogP contribution in [0.3, 0.4) is 0 Å². The minimum atomic E-state index is 0.110. The van der Waals surface area contributed by atoms with Crippen molar-refractivity contribution >= 4 is 11.8 Å². The summed E-state index contributed by atoms with van der Waals surface area (Å²) < 4.78 is 0. The Morgan fingerprint density at radius 3 is 2.76 bits per heavy atom. The Bertz CT molecular complexity index is 527. The van der Waals surface area contributed by atoms with Crippen molar-refractivity contribution < 1.29 is 9.59 Å². The van der Waals surface area contributed by atoms with Crippen LogP contribution in [0.25, 0.3) is 0 Å². The first kappa shape index (κ1) is 18.4. The van der Waals surface area contributed by atoms with Crippen molar-refractivity contribution in [3.8, 4) is 0 Å². The molecular formula is C20H33N3O2. The molecule has 140 valence electrons. The highest BCUT2D eigenvalue weighted by molar-refractivity contribution is 5.79. The van der Waals surface area contributed by atoms with Crippen molar-refractivity contribution in [2.45, 2.75) is 58.4 Å². The van der Waals surface area contributed by atoms with Gasteiger partial charge in [0.2, 0.25) is 11.8 Å². The summed E-state index contributed by atoms with van der Waals surface area (Å²) in [6, 6.07) is 0.279. The van der Waals surface area contributed by atoms with Crippen LogP contribution in [0.5, 0.6) is 0 Å². The van der Waals surface area contributed by atoms with Crippen LogP contribution in [-0.4, -0.2) is 60.4 Å². The van der Waals surface area contributed by atoms with Crippen LogP contribution in [-0.2, 0) is 9.59 Å². The van der Waals surface area contributed by atoms with Gasteiger partial charge in [0, 0.05) is 51.6 Å². The molecule has 0 aromatic heterocycles. The van der Waals surface area contributed by atoms with Crippen LogP contribution in [0.15, 0.2) is 11.6 Å². The van der Waals surface area contributed by atoms with Crippen molar-refractivity contribution in [2.24, 2.45) is 11.8 Å². The van der Waals surface area contributed by atoms with Gasteiger partial charge in [-0.05, 0) is 51.4 Å². The summed E-state index contributed by atoms with van der Waals surface area (Å²) in [4.78, 5) is 28.6. The Hall–Kier alpha value is -1.36. The van der Waals surface area contributed by atoms with E-state index in [1.54, 1.807) is 0 Å². The Labute approximate surface area is 151 Å². The molecule has 2 atom stereocenters. The average Bonchev–Trinajstić information content (AvgIpc) is 3.37. The number of carbonyl (C=O) groups excluding carboxylic acids is 2. The zero-order valence-electron chi connectivity index (χ0n) is 15.8. The first-order valence-corrected chi connectivity index (χ1v) is 9.98. The second-order valence-electron chi connectivity index (χ2n) is 8.09. The topological polar surface area (TPSA) is 52.7 Å². The largest absolute Gasteiger partial charge is 0.352 e. The van der Waals surface area contributed by atoms with Gasteiger partial charge in [-0.15, -0.1) is 0 Å². The van der Waals surface area contributed by atoms with E-state index in [0.717, 1.165) is 44.9 Å². The molecule has 1 aliphatic carbocycles. The van der Waals surface area contributed by atoms with Crippen molar-refractivity contribution in [3.63, 3.8) is 0 Å². The highest BCUT2D eigenvalue weighted by atomic mass is 16.2. The van der Waals surface area contributed by atoms with E-state index in [1.807, 2.05) is 4.90 Å². The summed E-state index contributed by atoms with van der Waals surface area (Å²) in [6.07, 6.45) is 7.95. The highest BCUT2D eigenvalue weighted by Gasteiger charge is 2.42. The second-order valence-corrected chi connectivity index (χ2v) is 8.09. The fourth-order valence-electron chi connectivity index (χ4n) is 4.25. The van der Waals surface area contributed by atoms with Gasteiger partial charge >= 0.3 is 0 Å². The van der Waals surface area contributed by atoms with E-state index in [9.17, 15) is 9.59 Å². The molecule has 3 rings (SSSR count). The number of hydrogen-bond donors (Lipinski definition) is 1. The molecule has 2 aliphatic heterocycles.